The molecule has 0 aromatic heterocycles. The fourth-order valence-corrected chi connectivity index (χ4v) is 1.80. The van der Waals surface area contributed by atoms with Crippen molar-refractivity contribution in [2.24, 2.45) is 11.8 Å². The van der Waals surface area contributed by atoms with E-state index >= 15 is 0 Å². The minimum Gasteiger partial charge on any atom is -0.325 e. The third kappa shape index (κ3) is 2.17. The van der Waals surface area contributed by atoms with Crippen molar-refractivity contribution in [3.8, 4) is 6.07 Å². The predicted octanol–water partition coefficient (Wildman–Crippen LogP) is 2.81. The highest BCUT2D eigenvalue weighted by molar-refractivity contribution is 6.31. The molecular weight excluding hydrogens is 224 g/mol. The summed E-state index contributed by atoms with van der Waals surface area (Å²) in [5.74, 6) is 0.515. The van der Waals surface area contributed by atoms with Crippen molar-refractivity contribution >= 4 is 23.2 Å². The van der Waals surface area contributed by atoms with Gasteiger partial charge in [0.05, 0.1) is 11.3 Å². The Balaban J connectivity index is 2.17. The summed E-state index contributed by atoms with van der Waals surface area (Å²) in [6, 6.07) is 6.87. The number of nitriles is 1. The first-order valence-corrected chi connectivity index (χ1v) is 5.50. The van der Waals surface area contributed by atoms with Crippen LogP contribution in [-0.4, -0.2) is 5.91 Å². The maximum Gasteiger partial charge on any atom is 0.227 e. The van der Waals surface area contributed by atoms with Gasteiger partial charge in [0, 0.05) is 10.9 Å². The normalized spacial score (nSPS) is 22.3. The molecule has 1 saturated carbocycles. The summed E-state index contributed by atoms with van der Waals surface area (Å²) in [7, 11) is 0. The van der Waals surface area contributed by atoms with Crippen LogP contribution in [0.2, 0.25) is 5.02 Å². The molecule has 4 heteroatoms. The fourth-order valence-electron chi connectivity index (χ4n) is 1.63. The van der Waals surface area contributed by atoms with E-state index < -0.39 is 0 Å². The third-order valence-corrected chi connectivity index (χ3v) is 3.04. The zero-order valence-corrected chi connectivity index (χ0v) is 9.58. The fraction of sp³-hybridized carbons (Fsp3) is 0.333. The van der Waals surface area contributed by atoms with Gasteiger partial charge in [0.15, 0.2) is 0 Å². The number of nitrogens with zero attached hydrogens (tertiary/aromatic N) is 1. The molecule has 1 N–H and O–H groups in total. The summed E-state index contributed by atoms with van der Waals surface area (Å²) in [5, 5.41) is 12.1. The van der Waals surface area contributed by atoms with Crippen LogP contribution in [0.5, 0.6) is 0 Å². The van der Waals surface area contributed by atoms with Gasteiger partial charge in [0.1, 0.15) is 6.07 Å². The number of amides is 1. The molecule has 0 radical (unpaired) electrons. The highest BCUT2D eigenvalue weighted by Crippen LogP contribution is 2.38. The second-order valence-corrected chi connectivity index (χ2v) is 4.55. The summed E-state index contributed by atoms with van der Waals surface area (Å²) < 4.78 is 0. The number of carbonyl (C=O) groups excluding carboxylic acids is 1. The molecule has 1 amide bonds. The molecule has 1 aliphatic carbocycles. The smallest absolute Gasteiger partial charge is 0.227 e. The summed E-state index contributed by atoms with van der Waals surface area (Å²) in [6.45, 7) is 2.04. The summed E-state index contributed by atoms with van der Waals surface area (Å²) in [6.07, 6.45) is 0.925. The van der Waals surface area contributed by atoms with E-state index in [1.807, 2.05) is 13.0 Å². The molecule has 0 aliphatic heterocycles. The first kappa shape index (κ1) is 11.0. The Morgan fingerprint density at radius 3 is 2.88 bits per heavy atom. The SMILES string of the molecule is C[C@@H]1C[C@H]1C(=O)Nc1cc(Cl)ccc1C#N. The zero-order chi connectivity index (χ0) is 11.7. The average Bonchev–Trinajstić information content (AvgIpc) is 2.96. The van der Waals surface area contributed by atoms with E-state index in [9.17, 15) is 4.79 Å². The number of hydrogen-bond acceptors (Lipinski definition) is 2. The molecule has 0 saturated heterocycles. The molecule has 0 heterocycles. The number of halogens is 1. The molecule has 16 heavy (non-hydrogen) atoms. The predicted molar refractivity (Wildman–Crippen MR) is 62.1 cm³/mol. The number of benzene rings is 1. The maximum absolute atomic E-state index is 11.7. The molecule has 1 fully saturated rings. The summed E-state index contributed by atoms with van der Waals surface area (Å²) >= 11 is 5.82. The zero-order valence-electron chi connectivity index (χ0n) is 8.83. The van der Waals surface area contributed by atoms with Crippen LogP contribution in [0.4, 0.5) is 5.69 Å². The van der Waals surface area contributed by atoms with Crippen molar-refractivity contribution in [3.63, 3.8) is 0 Å². The van der Waals surface area contributed by atoms with Crippen molar-refractivity contribution < 1.29 is 4.79 Å². The Morgan fingerprint density at radius 1 is 1.62 bits per heavy atom. The number of hydrogen-bond donors (Lipinski definition) is 1. The first-order chi connectivity index (χ1) is 7.61. The molecule has 1 aromatic rings. The molecule has 2 rings (SSSR count). The lowest BCUT2D eigenvalue weighted by molar-refractivity contribution is -0.117. The Bertz CT molecular complexity index is 478. The summed E-state index contributed by atoms with van der Waals surface area (Å²) in [4.78, 5) is 11.7. The van der Waals surface area contributed by atoms with Gasteiger partial charge in [0.25, 0.3) is 0 Å². The van der Waals surface area contributed by atoms with Crippen LogP contribution in [0.25, 0.3) is 0 Å². The lowest BCUT2D eigenvalue weighted by Crippen LogP contribution is -2.15. The van der Waals surface area contributed by atoms with Gasteiger partial charge in [-0.25, -0.2) is 0 Å². The van der Waals surface area contributed by atoms with Crippen LogP contribution < -0.4 is 5.32 Å². The molecular formula is C12H11ClN2O. The molecule has 0 unspecified atom stereocenters. The molecule has 0 spiro atoms. The van der Waals surface area contributed by atoms with E-state index in [2.05, 4.69) is 5.32 Å². The summed E-state index contributed by atoms with van der Waals surface area (Å²) in [5.41, 5.74) is 0.935. The molecule has 0 bridgehead atoms. The van der Waals surface area contributed by atoms with E-state index in [0.29, 0.717) is 22.2 Å². The van der Waals surface area contributed by atoms with Crippen molar-refractivity contribution in [3.05, 3.63) is 28.8 Å². The van der Waals surface area contributed by atoms with Gasteiger partial charge in [-0.3, -0.25) is 4.79 Å². The second-order valence-electron chi connectivity index (χ2n) is 4.11. The Kier molecular flexibility index (Phi) is 2.84. The van der Waals surface area contributed by atoms with Crippen LogP contribution >= 0.6 is 11.6 Å². The molecule has 2 atom stereocenters. The van der Waals surface area contributed by atoms with E-state index in [4.69, 9.17) is 16.9 Å². The van der Waals surface area contributed by atoms with E-state index in [1.165, 1.54) is 0 Å². The van der Waals surface area contributed by atoms with Crippen LogP contribution in [0.1, 0.15) is 18.9 Å². The van der Waals surface area contributed by atoms with Crippen LogP contribution in [-0.2, 0) is 4.79 Å². The van der Waals surface area contributed by atoms with Gasteiger partial charge >= 0.3 is 0 Å². The molecule has 1 aliphatic rings. The van der Waals surface area contributed by atoms with Gasteiger partial charge in [-0.2, -0.15) is 5.26 Å². The topological polar surface area (TPSA) is 52.9 Å². The molecule has 82 valence electrons. The van der Waals surface area contributed by atoms with Crippen molar-refractivity contribution in [1.82, 2.24) is 0 Å². The van der Waals surface area contributed by atoms with Crippen molar-refractivity contribution in [1.29, 1.82) is 5.26 Å². The minimum atomic E-state index is -0.0220. The van der Waals surface area contributed by atoms with E-state index in [0.717, 1.165) is 6.42 Å². The monoisotopic (exact) mass is 234 g/mol. The lowest BCUT2D eigenvalue weighted by Gasteiger charge is -2.06. The molecule has 1 aromatic carbocycles. The maximum atomic E-state index is 11.7. The van der Waals surface area contributed by atoms with Crippen molar-refractivity contribution in [2.45, 2.75) is 13.3 Å². The van der Waals surface area contributed by atoms with Gasteiger partial charge in [-0.05, 0) is 30.5 Å². The van der Waals surface area contributed by atoms with E-state index in [-0.39, 0.29) is 11.8 Å². The van der Waals surface area contributed by atoms with E-state index in [1.54, 1.807) is 18.2 Å². The Hall–Kier alpha value is -1.53. The van der Waals surface area contributed by atoms with Gasteiger partial charge in [-0.15, -0.1) is 0 Å². The average molecular weight is 235 g/mol. The second kappa shape index (κ2) is 4.15. The minimum absolute atomic E-state index is 0.0220. The molecule has 3 nitrogen and oxygen atoms in total. The standard InChI is InChI=1S/C12H11ClN2O/c1-7-4-10(7)12(16)15-11-5-9(13)3-2-8(11)6-14/h2-3,5,7,10H,4H2,1H3,(H,15,16)/t7-,10-/m1/s1. The van der Waals surface area contributed by atoms with Crippen LogP contribution in [0.15, 0.2) is 18.2 Å². The van der Waals surface area contributed by atoms with Crippen LogP contribution in [0, 0.1) is 23.2 Å². The number of nitrogens with one attached hydrogen (secondary N) is 1. The van der Waals surface area contributed by atoms with Gasteiger partial charge < -0.3 is 5.32 Å². The number of carbonyl (C=O) groups is 1. The van der Waals surface area contributed by atoms with Gasteiger partial charge in [-0.1, -0.05) is 18.5 Å². The number of anilines is 1. The van der Waals surface area contributed by atoms with Gasteiger partial charge in [0.2, 0.25) is 5.91 Å². The van der Waals surface area contributed by atoms with Crippen LogP contribution in [0.3, 0.4) is 0 Å². The quantitative estimate of drug-likeness (QED) is 0.856. The highest BCUT2D eigenvalue weighted by atomic mass is 35.5. The first-order valence-electron chi connectivity index (χ1n) is 5.12. The number of rotatable bonds is 2. The Labute approximate surface area is 99.0 Å². The lowest BCUT2D eigenvalue weighted by atomic mass is 10.2. The third-order valence-electron chi connectivity index (χ3n) is 2.81. The largest absolute Gasteiger partial charge is 0.325 e. The van der Waals surface area contributed by atoms with Crippen molar-refractivity contribution in [2.75, 3.05) is 5.32 Å². The Morgan fingerprint density at radius 2 is 2.31 bits per heavy atom. The highest BCUT2D eigenvalue weighted by Gasteiger charge is 2.39.